The SMILES string of the molecule is CCCc1ccc(C(C=CC2=[N+](CCCCS(=O)(=O)O)c3ccccc3C2(C)C)=CC=C2N(CCCCS(=O)(=O)O)c3ccccc3C2(C)C)cc1. The standard InChI is InChI=1S/C42H52N2O6S2/c1-6-15-32-20-22-33(23-21-32)34(24-26-39-41(2,3)35-16-7-9-18-37(35)43(39)28-11-13-30-51(45,46)47)25-27-40-42(4,5)36-17-8-10-19-38(36)44(40)29-12-14-31-52(48,49)50/h7-10,16-27H,6,11-15,28-31H2,1-5H3,(H-,45,46,47,48,49,50)/p+1. The van der Waals surface area contributed by atoms with Gasteiger partial charge >= 0.3 is 0 Å². The van der Waals surface area contributed by atoms with Gasteiger partial charge in [0, 0.05) is 47.5 Å². The van der Waals surface area contributed by atoms with Gasteiger partial charge in [0.2, 0.25) is 5.69 Å². The maximum atomic E-state index is 11.4. The molecule has 2 aliphatic heterocycles. The van der Waals surface area contributed by atoms with Gasteiger partial charge in [-0.1, -0.05) is 93.9 Å². The van der Waals surface area contributed by atoms with E-state index in [2.05, 4.69) is 129 Å². The number of rotatable bonds is 16. The average molecular weight is 746 g/mol. The number of allylic oxidation sites excluding steroid dienone is 6. The highest BCUT2D eigenvalue weighted by Crippen LogP contribution is 2.48. The van der Waals surface area contributed by atoms with Crippen LogP contribution in [0.5, 0.6) is 0 Å². The summed E-state index contributed by atoms with van der Waals surface area (Å²) in [5.74, 6) is -0.519. The summed E-state index contributed by atoms with van der Waals surface area (Å²) in [6.07, 6.45) is 12.7. The molecule has 2 aliphatic rings. The van der Waals surface area contributed by atoms with E-state index < -0.39 is 20.2 Å². The molecular formula is C42H53N2O6S2+. The van der Waals surface area contributed by atoms with Crippen LogP contribution in [0.4, 0.5) is 11.4 Å². The summed E-state index contributed by atoms with van der Waals surface area (Å²) in [5.41, 5.74) is 9.61. The predicted octanol–water partition coefficient (Wildman–Crippen LogP) is 8.67. The molecule has 10 heteroatoms. The van der Waals surface area contributed by atoms with E-state index in [1.54, 1.807) is 0 Å². The maximum absolute atomic E-state index is 11.4. The fourth-order valence-corrected chi connectivity index (χ4v) is 8.75. The van der Waals surface area contributed by atoms with Gasteiger partial charge in [0.05, 0.1) is 16.9 Å². The number of nitrogens with zero attached hydrogens (tertiary/aromatic N) is 2. The lowest BCUT2D eigenvalue weighted by Crippen LogP contribution is -2.28. The first kappa shape index (κ1) is 39.4. The van der Waals surface area contributed by atoms with Crippen molar-refractivity contribution in [3.8, 4) is 0 Å². The number of benzene rings is 3. The molecule has 0 fully saturated rings. The zero-order valence-corrected chi connectivity index (χ0v) is 32.7. The van der Waals surface area contributed by atoms with Crippen molar-refractivity contribution >= 4 is 42.9 Å². The van der Waals surface area contributed by atoms with Crippen LogP contribution >= 0.6 is 0 Å². The molecule has 0 atom stereocenters. The second-order valence-corrected chi connectivity index (χ2v) is 18.1. The van der Waals surface area contributed by atoms with Gasteiger partial charge in [-0.3, -0.25) is 9.11 Å². The van der Waals surface area contributed by atoms with Crippen LogP contribution in [0.3, 0.4) is 0 Å². The Morgan fingerprint density at radius 2 is 1.38 bits per heavy atom. The molecule has 0 unspecified atom stereocenters. The number of fused-ring (bicyclic) bond motifs is 2. The van der Waals surface area contributed by atoms with E-state index in [1.165, 1.54) is 16.7 Å². The zero-order chi connectivity index (χ0) is 37.7. The fourth-order valence-electron chi connectivity index (χ4n) is 7.61. The molecule has 0 amide bonds. The number of para-hydroxylation sites is 2. The molecule has 8 nitrogen and oxygen atoms in total. The predicted molar refractivity (Wildman–Crippen MR) is 213 cm³/mol. The summed E-state index contributed by atoms with van der Waals surface area (Å²) in [6.45, 7) is 12.3. The Labute approximate surface area is 310 Å². The molecule has 278 valence electrons. The first-order valence-electron chi connectivity index (χ1n) is 18.2. The van der Waals surface area contributed by atoms with E-state index in [4.69, 9.17) is 0 Å². The monoisotopic (exact) mass is 745 g/mol. The van der Waals surface area contributed by atoms with E-state index in [0.717, 1.165) is 46.8 Å². The van der Waals surface area contributed by atoms with Gasteiger partial charge in [-0.2, -0.15) is 21.4 Å². The van der Waals surface area contributed by atoms with Gasteiger partial charge in [-0.25, -0.2) is 0 Å². The highest BCUT2D eigenvalue weighted by molar-refractivity contribution is 7.86. The molecule has 0 saturated carbocycles. The maximum Gasteiger partial charge on any atom is 0.264 e. The lowest BCUT2D eigenvalue weighted by molar-refractivity contribution is -0.438. The van der Waals surface area contributed by atoms with E-state index in [-0.39, 0.29) is 22.3 Å². The molecule has 3 aromatic rings. The Hall–Kier alpha value is -3.83. The van der Waals surface area contributed by atoms with Crippen molar-refractivity contribution in [2.75, 3.05) is 29.5 Å². The molecule has 52 heavy (non-hydrogen) atoms. The fraction of sp³-hybridized carbons (Fsp3) is 0.405. The van der Waals surface area contributed by atoms with Crippen LogP contribution in [-0.2, 0) is 37.5 Å². The van der Waals surface area contributed by atoms with Crippen LogP contribution < -0.4 is 4.90 Å². The summed E-state index contributed by atoms with van der Waals surface area (Å²) < 4.78 is 66.6. The van der Waals surface area contributed by atoms with Gasteiger partial charge in [-0.15, -0.1) is 0 Å². The van der Waals surface area contributed by atoms with Crippen molar-refractivity contribution in [3.63, 3.8) is 0 Å². The van der Waals surface area contributed by atoms with Crippen LogP contribution in [0, 0.1) is 0 Å². The normalized spacial score (nSPS) is 17.7. The summed E-state index contributed by atoms with van der Waals surface area (Å²) in [6, 6.07) is 25.4. The molecule has 0 aromatic heterocycles. The van der Waals surface area contributed by atoms with Crippen molar-refractivity contribution < 1.29 is 30.5 Å². The van der Waals surface area contributed by atoms with Crippen molar-refractivity contribution in [1.29, 1.82) is 0 Å². The van der Waals surface area contributed by atoms with Crippen molar-refractivity contribution in [2.45, 2.75) is 84.0 Å². The molecule has 0 radical (unpaired) electrons. The van der Waals surface area contributed by atoms with Crippen LogP contribution in [0.25, 0.3) is 5.57 Å². The van der Waals surface area contributed by atoms with Crippen molar-refractivity contribution in [1.82, 2.24) is 0 Å². The second-order valence-electron chi connectivity index (χ2n) is 14.9. The Bertz CT molecular complexity index is 2110. The molecular weight excluding hydrogens is 693 g/mol. The molecule has 2 N–H and O–H groups in total. The first-order valence-corrected chi connectivity index (χ1v) is 21.5. The van der Waals surface area contributed by atoms with E-state index in [0.29, 0.717) is 38.8 Å². The van der Waals surface area contributed by atoms with Crippen LogP contribution in [0.1, 0.15) is 89.0 Å². The quantitative estimate of drug-likeness (QED) is 0.0653. The molecule has 0 aliphatic carbocycles. The third-order valence-corrected chi connectivity index (χ3v) is 11.9. The summed E-state index contributed by atoms with van der Waals surface area (Å²) >= 11 is 0. The van der Waals surface area contributed by atoms with Gasteiger partial charge in [0.25, 0.3) is 20.2 Å². The number of hydrogen-bond donors (Lipinski definition) is 2. The van der Waals surface area contributed by atoms with E-state index >= 15 is 0 Å². The van der Waals surface area contributed by atoms with Crippen molar-refractivity contribution in [3.05, 3.63) is 125 Å². The smallest absolute Gasteiger partial charge is 0.264 e. The summed E-state index contributed by atoms with van der Waals surface area (Å²) in [7, 11) is -8.04. The lowest BCUT2D eigenvalue weighted by Gasteiger charge is -2.27. The van der Waals surface area contributed by atoms with Crippen LogP contribution in [-0.4, -0.2) is 60.8 Å². The third-order valence-electron chi connectivity index (χ3n) is 10.3. The average Bonchev–Trinajstić information content (AvgIpc) is 3.43. The minimum atomic E-state index is -4.02. The van der Waals surface area contributed by atoms with E-state index in [9.17, 15) is 25.9 Å². The minimum Gasteiger partial charge on any atom is -0.344 e. The summed E-state index contributed by atoms with van der Waals surface area (Å²) in [5, 5.41) is 0. The molecule has 5 rings (SSSR count). The number of unbranched alkanes of at least 4 members (excludes halogenated alkanes) is 2. The number of anilines is 1. The Balaban J connectivity index is 1.57. The highest BCUT2D eigenvalue weighted by Gasteiger charge is 2.44. The molecule has 0 saturated heterocycles. The zero-order valence-electron chi connectivity index (χ0n) is 31.0. The largest absolute Gasteiger partial charge is 0.344 e. The van der Waals surface area contributed by atoms with Gasteiger partial charge < -0.3 is 4.90 Å². The molecule has 2 heterocycles. The van der Waals surface area contributed by atoms with Crippen LogP contribution in [0.2, 0.25) is 0 Å². The molecule has 0 spiro atoms. The molecule has 0 bridgehead atoms. The summed E-state index contributed by atoms with van der Waals surface area (Å²) in [4.78, 5) is 2.28. The Morgan fingerprint density at radius 3 is 2.04 bits per heavy atom. The van der Waals surface area contributed by atoms with Gasteiger partial charge in [-0.05, 0) is 80.0 Å². The topological polar surface area (TPSA) is 115 Å². The Kier molecular flexibility index (Phi) is 12.1. The second kappa shape index (κ2) is 16.0. The third kappa shape index (κ3) is 9.20. The number of hydrogen-bond acceptors (Lipinski definition) is 5. The molecule has 3 aromatic carbocycles. The lowest BCUT2D eigenvalue weighted by atomic mass is 9.81. The van der Waals surface area contributed by atoms with Gasteiger partial charge in [0.1, 0.15) is 6.54 Å². The van der Waals surface area contributed by atoms with Gasteiger partial charge in [0.15, 0.2) is 5.71 Å². The highest BCUT2D eigenvalue weighted by atomic mass is 32.2. The Morgan fingerprint density at radius 1 is 0.769 bits per heavy atom. The van der Waals surface area contributed by atoms with Crippen molar-refractivity contribution in [2.24, 2.45) is 0 Å². The van der Waals surface area contributed by atoms with Crippen LogP contribution in [0.15, 0.2) is 103 Å². The number of aryl methyl sites for hydroxylation is 1. The van der Waals surface area contributed by atoms with E-state index in [1.807, 2.05) is 12.1 Å². The first-order chi connectivity index (χ1) is 24.5. The minimum absolute atomic E-state index is 0.260.